The van der Waals surface area contributed by atoms with Crippen molar-refractivity contribution in [1.82, 2.24) is 16.1 Å². The monoisotopic (exact) mass is 552 g/mol. The lowest BCUT2D eigenvalue weighted by molar-refractivity contribution is -0.0980. The molecule has 2 unspecified atom stereocenters. The van der Waals surface area contributed by atoms with Crippen molar-refractivity contribution in [3.8, 4) is 12.3 Å². The van der Waals surface area contributed by atoms with Crippen molar-refractivity contribution in [1.29, 1.82) is 0 Å². The Balaban J connectivity index is 0. The summed E-state index contributed by atoms with van der Waals surface area (Å²) in [6.07, 6.45) is 21.5. The number of hydrazone groups is 1. The molecule has 3 rings (SSSR count). The molecule has 0 saturated carbocycles. The molecular formula is C34H53FN4O. The van der Waals surface area contributed by atoms with Crippen LogP contribution in [-0.2, 0) is 4.79 Å². The van der Waals surface area contributed by atoms with E-state index in [4.69, 9.17) is 4.79 Å². The predicted octanol–water partition coefficient (Wildman–Crippen LogP) is 7.50. The standard InChI is InChI=1S/C21H26FN3.C7H15N.C3H4.C2H6.CH2O/c1-4-6-7-8-14(3)11-18-17(5-2)21-20-15(13-23-25-21)9-10-16(22)12-19(20)24-18;1-4-7(5-2)6-8-3;1-3-2;2*1-2/h4,6-8,10,12,17-18,23-24H,1,5,9,11,13H2,2-3H3;4,8H,5-6H2,1-3H3;1H,2H3;1-2H3;1H2/b7-6-,14-8+;7-4+;;;. The van der Waals surface area contributed by atoms with Gasteiger partial charge in [0.15, 0.2) is 0 Å². The minimum atomic E-state index is -0.175. The largest absolute Gasteiger partial charge is 0.381 e. The number of hydrogen-bond acceptors (Lipinski definition) is 5. The first-order chi connectivity index (χ1) is 19.4. The molecule has 5 nitrogen and oxygen atoms in total. The second-order valence-corrected chi connectivity index (χ2v) is 8.88. The normalized spacial score (nSPS) is 19.1. The molecule has 2 atom stereocenters. The van der Waals surface area contributed by atoms with Gasteiger partial charge in [-0.3, -0.25) is 0 Å². The zero-order valence-electron chi connectivity index (χ0n) is 26.2. The zero-order chi connectivity index (χ0) is 30.9. The topological polar surface area (TPSA) is 65.5 Å². The maximum Gasteiger partial charge on any atom is 0.121 e. The first-order valence-corrected chi connectivity index (χ1v) is 14.2. The number of rotatable bonds is 8. The van der Waals surface area contributed by atoms with Crippen LogP contribution in [0, 0.1) is 18.3 Å². The molecule has 0 spiro atoms. The van der Waals surface area contributed by atoms with E-state index in [1.807, 2.05) is 39.8 Å². The highest BCUT2D eigenvalue weighted by atomic mass is 19.1. The molecule has 2 aliphatic heterocycles. The summed E-state index contributed by atoms with van der Waals surface area (Å²) in [6, 6.07) is 0.208. The number of carbonyl (C=O) groups is 1. The van der Waals surface area contributed by atoms with Gasteiger partial charge in [-0.25, -0.2) is 4.39 Å². The van der Waals surface area contributed by atoms with Gasteiger partial charge in [-0.2, -0.15) is 5.10 Å². The Hall–Kier alpha value is -3.43. The van der Waals surface area contributed by atoms with Crippen LogP contribution in [0.4, 0.5) is 4.39 Å². The van der Waals surface area contributed by atoms with E-state index in [2.05, 4.69) is 79.9 Å². The maximum atomic E-state index is 14.1. The zero-order valence-corrected chi connectivity index (χ0v) is 26.2. The van der Waals surface area contributed by atoms with Crippen LogP contribution in [-0.4, -0.2) is 38.7 Å². The Morgan fingerprint density at radius 3 is 2.45 bits per heavy atom. The number of nitrogens with zero attached hydrogens (tertiary/aromatic N) is 1. The molecule has 3 N–H and O–H groups in total. The van der Waals surface area contributed by atoms with Crippen LogP contribution >= 0.6 is 0 Å². The summed E-state index contributed by atoms with van der Waals surface area (Å²) >= 11 is 0. The summed E-state index contributed by atoms with van der Waals surface area (Å²) in [6.45, 7) is 21.6. The van der Waals surface area contributed by atoms with Crippen LogP contribution in [0.3, 0.4) is 0 Å². The van der Waals surface area contributed by atoms with Crippen molar-refractivity contribution in [2.24, 2.45) is 11.0 Å². The predicted molar refractivity (Wildman–Crippen MR) is 174 cm³/mol. The lowest BCUT2D eigenvalue weighted by atomic mass is 9.78. The number of nitrogens with one attached hydrogen (secondary N) is 3. The van der Waals surface area contributed by atoms with Crippen molar-refractivity contribution < 1.29 is 9.18 Å². The van der Waals surface area contributed by atoms with Crippen LogP contribution in [0.1, 0.15) is 74.1 Å². The molecule has 0 radical (unpaired) electrons. The number of hydrogen-bond donors (Lipinski definition) is 3. The highest BCUT2D eigenvalue weighted by molar-refractivity contribution is 6.08. The maximum absolute atomic E-state index is 14.1. The van der Waals surface area contributed by atoms with Gasteiger partial charge in [0.2, 0.25) is 0 Å². The van der Waals surface area contributed by atoms with E-state index in [1.54, 1.807) is 25.2 Å². The quantitative estimate of drug-likeness (QED) is 0.166. The molecule has 0 bridgehead atoms. The number of terminal acetylenes is 1. The smallest absolute Gasteiger partial charge is 0.121 e. The molecule has 1 aliphatic carbocycles. The van der Waals surface area contributed by atoms with E-state index in [9.17, 15) is 4.39 Å². The molecule has 40 heavy (non-hydrogen) atoms. The van der Waals surface area contributed by atoms with Gasteiger partial charge in [0.05, 0.1) is 12.3 Å². The second-order valence-electron chi connectivity index (χ2n) is 8.88. The molecule has 2 heterocycles. The molecular weight excluding hydrogens is 499 g/mol. The Labute approximate surface area is 244 Å². The lowest BCUT2D eigenvalue weighted by Crippen LogP contribution is -2.48. The van der Waals surface area contributed by atoms with Gasteiger partial charge in [-0.05, 0) is 71.2 Å². The van der Waals surface area contributed by atoms with Gasteiger partial charge in [0, 0.05) is 29.8 Å². The van der Waals surface area contributed by atoms with E-state index in [-0.39, 0.29) is 11.9 Å². The average Bonchev–Trinajstić information content (AvgIpc) is 3.14. The summed E-state index contributed by atoms with van der Waals surface area (Å²) in [5, 5.41) is 11.3. The average molecular weight is 553 g/mol. The minimum Gasteiger partial charge on any atom is -0.381 e. The third kappa shape index (κ3) is 13.6. The molecule has 0 amide bonds. The summed E-state index contributed by atoms with van der Waals surface area (Å²) in [4.78, 5) is 8.00. The molecule has 0 aromatic rings. The summed E-state index contributed by atoms with van der Waals surface area (Å²) in [7, 11) is 1.97. The van der Waals surface area contributed by atoms with Crippen molar-refractivity contribution in [2.45, 2.75) is 80.2 Å². The Kier molecular flexibility index (Phi) is 23.8. The van der Waals surface area contributed by atoms with Crippen molar-refractivity contribution in [2.75, 3.05) is 20.1 Å². The van der Waals surface area contributed by atoms with Crippen molar-refractivity contribution in [3.63, 3.8) is 0 Å². The fourth-order valence-electron chi connectivity index (χ4n) is 4.45. The van der Waals surface area contributed by atoms with Crippen LogP contribution in [0.5, 0.6) is 0 Å². The van der Waals surface area contributed by atoms with Gasteiger partial charge in [0.1, 0.15) is 12.6 Å². The third-order valence-electron chi connectivity index (χ3n) is 6.25. The first-order valence-electron chi connectivity index (χ1n) is 14.2. The van der Waals surface area contributed by atoms with Gasteiger partial charge in [0.25, 0.3) is 0 Å². The van der Waals surface area contributed by atoms with E-state index in [1.165, 1.54) is 16.7 Å². The highest BCUT2D eigenvalue weighted by Crippen LogP contribution is 2.36. The molecule has 222 valence electrons. The molecule has 1 fully saturated rings. The summed E-state index contributed by atoms with van der Waals surface area (Å²) in [5.74, 6) is 2.38. The molecule has 1 saturated heterocycles. The van der Waals surface area contributed by atoms with Crippen LogP contribution in [0.25, 0.3) is 0 Å². The van der Waals surface area contributed by atoms with Crippen molar-refractivity contribution >= 4 is 12.5 Å². The lowest BCUT2D eigenvalue weighted by Gasteiger charge is -2.39. The Bertz CT molecular complexity index is 1010. The molecule has 6 heteroatoms. The van der Waals surface area contributed by atoms with Gasteiger partial charge in [-0.1, -0.05) is 75.8 Å². The van der Waals surface area contributed by atoms with Crippen LogP contribution in [0.2, 0.25) is 0 Å². The fourth-order valence-corrected chi connectivity index (χ4v) is 4.45. The minimum absolute atomic E-state index is 0.175. The number of piperidine rings is 1. The number of carbonyl (C=O) groups excluding carboxylic acids is 1. The Morgan fingerprint density at radius 2 is 1.95 bits per heavy atom. The third-order valence-corrected chi connectivity index (χ3v) is 6.25. The van der Waals surface area contributed by atoms with Crippen LogP contribution < -0.4 is 16.1 Å². The highest BCUT2D eigenvalue weighted by Gasteiger charge is 2.37. The second kappa shape index (κ2) is 24.6. The van der Waals surface area contributed by atoms with Crippen molar-refractivity contribution in [3.05, 3.63) is 82.9 Å². The summed E-state index contributed by atoms with van der Waals surface area (Å²) in [5.41, 5.74) is 10.2. The first kappa shape index (κ1) is 38.7. The van der Waals surface area contributed by atoms with E-state index >= 15 is 0 Å². The number of likely N-dealkylation sites (N-methyl/N-ethyl adjacent to an activating group) is 1. The fraction of sp³-hybridized carbons (Fsp3) is 0.471. The number of halogens is 1. The molecule has 0 aromatic carbocycles. The van der Waals surface area contributed by atoms with Gasteiger partial charge < -0.3 is 20.9 Å². The van der Waals surface area contributed by atoms with Gasteiger partial charge >= 0.3 is 0 Å². The SMILES string of the molecule is C#CC.C/C=C(\CC)CNC.C=C/C=C\C=C(/C)CC1NC2=CC(F)=CCC3=C2C(=NNC3)C1CC.C=O.CC. The van der Waals surface area contributed by atoms with Gasteiger partial charge in [-0.15, -0.1) is 12.3 Å². The van der Waals surface area contributed by atoms with Crippen LogP contribution in [0.15, 0.2) is 88.0 Å². The summed E-state index contributed by atoms with van der Waals surface area (Å²) < 4.78 is 14.1. The molecule has 0 aromatic heterocycles. The number of allylic oxidation sites excluding steroid dienone is 9. The van der Waals surface area contributed by atoms with E-state index < -0.39 is 0 Å². The molecule has 3 aliphatic rings. The van der Waals surface area contributed by atoms with E-state index in [0.717, 1.165) is 42.8 Å². The van der Waals surface area contributed by atoms with E-state index in [0.29, 0.717) is 18.9 Å². The Morgan fingerprint density at radius 1 is 1.30 bits per heavy atom.